The van der Waals surface area contributed by atoms with Gasteiger partial charge >= 0.3 is 0 Å². The zero-order chi connectivity index (χ0) is 39.6. The third-order valence-electron chi connectivity index (χ3n) is 12.2. The lowest BCUT2D eigenvalue weighted by molar-refractivity contribution is 0.669. The molecule has 0 amide bonds. The van der Waals surface area contributed by atoms with E-state index < -0.39 is 5.41 Å². The lowest BCUT2D eigenvalue weighted by Gasteiger charge is -2.34. The summed E-state index contributed by atoms with van der Waals surface area (Å²) in [7, 11) is 0. The molecule has 0 fully saturated rings. The summed E-state index contributed by atoms with van der Waals surface area (Å²) in [4.78, 5) is 15.0. The van der Waals surface area contributed by atoms with Gasteiger partial charge in [-0.3, -0.25) is 0 Å². The van der Waals surface area contributed by atoms with E-state index in [1.807, 2.05) is 60.7 Å². The van der Waals surface area contributed by atoms with Crippen LogP contribution in [0.15, 0.2) is 217 Å². The van der Waals surface area contributed by atoms with Gasteiger partial charge in [-0.15, -0.1) is 0 Å². The number of fused-ring (bicyclic) bond motifs is 9. The van der Waals surface area contributed by atoms with Crippen molar-refractivity contribution in [3.63, 3.8) is 0 Å². The summed E-state index contributed by atoms with van der Waals surface area (Å²) in [6.45, 7) is 0. The maximum atomic E-state index is 6.98. The maximum Gasteiger partial charge on any atom is 0.164 e. The highest BCUT2D eigenvalue weighted by Gasteiger charge is 2.48. The maximum absolute atomic E-state index is 6.98. The Morgan fingerprint density at radius 2 is 0.850 bits per heavy atom. The average molecular weight is 766 g/mol. The number of benzene rings is 9. The van der Waals surface area contributed by atoms with E-state index in [-0.39, 0.29) is 0 Å². The molecule has 1 aliphatic rings. The highest BCUT2D eigenvalue weighted by atomic mass is 16.3. The third kappa shape index (κ3) is 5.14. The predicted molar refractivity (Wildman–Crippen MR) is 244 cm³/mol. The summed E-state index contributed by atoms with van der Waals surface area (Å²) >= 11 is 0. The number of furan rings is 1. The van der Waals surface area contributed by atoms with Gasteiger partial charge in [0.2, 0.25) is 0 Å². The van der Waals surface area contributed by atoms with Crippen LogP contribution in [0.25, 0.3) is 89.1 Å². The molecule has 0 radical (unpaired) electrons. The van der Waals surface area contributed by atoms with Crippen LogP contribution in [-0.4, -0.2) is 15.0 Å². The van der Waals surface area contributed by atoms with E-state index in [2.05, 4.69) is 152 Å². The Hall–Kier alpha value is -7.95. The summed E-state index contributed by atoms with van der Waals surface area (Å²) in [5.41, 5.74) is 13.4. The summed E-state index contributed by atoms with van der Waals surface area (Å²) in [5.74, 6) is 1.89. The Bertz CT molecular complexity index is 3300. The highest BCUT2D eigenvalue weighted by Crippen LogP contribution is 2.61. The molecule has 0 unspecified atom stereocenters. The Morgan fingerprint density at radius 3 is 1.45 bits per heavy atom. The van der Waals surface area contributed by atoms with Gasteiger partial charge in [-0.05, 0) is 61.8 Å². The number of hydrogen-bond acceptors (Lipinski definition) is 4. The summed E-state index contributed by atoms with van der Waals surface area (Å²) < 4.78 is 6.98. The van der Waals surface area contributed by atoms with Crippen LogP contribution in [0.1, 0.15) is 22.3 Å². The molecule has 4 nitrogen and oxygen atoms in total. The van der Waals surface area contributed by atoms with Gasteiger partial charge < -0.3 is 4.42 Å². The number of hydrogen-bond donors (Lipinski definition) is 0. The van der Waals surface area contributed by atoms with Crippen molar-refractivity contribution in [2.24, 2.45) is 0 Å². The molecule has 1 aliphatic carbocycles. The second kappa shape index (κ2) is 13.6. The van der Waals surface area contributed by atoms with E-state index in [1.165, 1.54) is 44.2 Å². The van der Waals surface area contributed by atoms with E-state index in [4.69, 9.17) is 19.4 Å². The van der Waals surface area contributed by atoms with Gasteiger partial charge in [0.1, 0.15) is 11.2 Å². The summed E-state index contributed by atoms with van der Waals surface area (Å²) in [6, 6.07) is 75.2. The van der Waals surface area contributed by atoms with Crippen molar-refractivity contribution in [1.82, 2.24) is 15.0 Å². The Labute approximate surface area is 347 Å². The van der Waals surface area contributed by atoms with Crippen LogP contribution in [0.3, 0.4) is 0 Å². The van der Waals surface area contributed by atoms with Crippen LogP contribution in [0.5, 0.6) is 0 Å². The van der Waals surface area contributed by atoms with Gasteiger partial charge in [0.25, 0.3) is 0 Å². The van der Waals surface area contributed by atoms with Crippen LogP contribution >= 0.6 is 0 Å². The second-order valence-electron chi connectivity index (χ2n) is 15.5. The molecule has 0 saturated heterocycles. The minimum atomic E-state index is -0.606. The van der Waals surface area contributed by atoms with E-state index in [9.17, 15) is 0 Å². The normalized spacial score (nSPS) is 12.8. The molecule has 2 heterocycles. The van der Waals surface area contributed by atoms with Gasteiger partial charge in [0, 0.05) is 33.0 Å². The summed E-state index contributed by atoms with van der Waals surface area (Å²) in [5, 5.41) is 4.68. The molecule has 280 valence electrons. The van der Waals surface area contributed by atoms with Crippen LogP contribution in [0, 0.1) is 0 Å². The van der Waals surface area contributed by atoms with Gasteiger partial charge in [-0.1, -0.05) is 200 Å². The van der Waals surface area contributed by atoms with Crippen LogP contribution in [-0.2, 0) is 5.41 Å². The zero-order valence-corrected chi connectivity index (χ0v) is 32.5. The summed E-state index contributed by atoms with van der Waals surface area (Å²) in [6.07, 6.45) is 0. The number of rotatable bonds is 6. The fraction of sp³-hybridized carbons (Fsp3) is 0.0179. The first-order valence-electron chi connectivity index (χ1n) is 20.4. The SMILES string of the molecule is c1ccc(-c2nc(-c3ccccc3)nc(-c3ccc(-c4cc5c(c6c4oc4ccccc46)-c4c(ccc6ccccc46)C5(c4ccccc4)c4ccccc4)cc3)n2)cc1. The van der Waals surface area contributed by atoms with Gasteiger partial charge in [-0.25, -0.2) is 15.0 Å². The topological polar surface area (TPSA) is 51.8 Å². The minimum Gasteiger partial charge on any atom is -0.455 e. The Morgan fingerprint density at radius 1 is 0.367 bits per heavy atom. The lowest BCUT2D eigenvalue weighted by Crippen LogP contribution is -2.28. The third-order valence-corrected chi connectivity index (χ3v) is 12.2. The molecule has 9 aromatic carbocycles. The molecule has 0 N–H and O–H groups in total. The first-order chi connectivity index (χ1) is 29.8. The van der Waals surface area contributed by atoms with Crippen molar-refractivity contribution in [2.75, 3.05) is 0 Å². The molecule has 4 heteroatoms. The number of nitrogens with zero attached hydrogens (tertiary/aromatic N) is 3. The van der Waals surface area contributed by atoms with Crippen LogP contribution in [0.4, 0.5) is 0 Å². The molecule has 60 heavy (non-hydrogen) atoms. The zero-order valence-electron chi connectivity index (χ0n) is 32.5. The second-order valence-corrected chi connectivity index (χ2v) is 15.5. The van der Waals surface area contributed by atoms with E-state index >= 15 is 0 Å². The van der Waals surface area contributed by atoms with E-state index in [0.29, 0.717) is 17.5 Å². The first kappa shape index (κ1) is 34.1. The first-order valence-corrected chi connectivity index (χ1v) is 20.4. The van der Waals surface area contributed by atoms with Gasteiger partial charge in [0.15, 0.2) is 17.5 Å². The van der Waals surface area contributed by atoms with Crippen LogP contribution < -0.4 is 0 Å². The molecule has 12 rings (SSSR count). The molecular weight excluding hydrogens is 731 g/mol. The van der Waals surface area contributed by atoms with Gasteiger partial charge in [-0.2, -0.15) is 0 Å². The quantitative estimate of drug-likeness (QED) is 0.169. The van der Waals surface area contributed by atoms with Crippen molar-refractivity contribution in [3.8, 4) is 56.4 Å². The molecule has 2 aromatic heterocycles. The van der Waals surface area contributed by atoms with E-state index in [1.54, 1.807) is 0 Å². The Balaban J connectivity index is 1.13. The molecule has 0 spiro atoms. The van der Waals surface area contributed by atoms with Crippen molar-refractivity contribution in [2.45, 2.75) is 5.41 Å². The number of para-hydroxylation sites is 1. The predicted octanol–water partition coefficient (Wildman–Crippen LogP) is 14.0. The fourth-order valence-corrected chi connectivity index (χ4v) is 9.57. The van der Waals surface area contributed by atoms with Crippen molar-refractivity contribution < 1.29 is 4.42 Å². The smallest absolute Gasteiger partial charge is 0.164 e. The van der Waals surface area contributed by atoms with Crippen LogP contribution in [0.2, 0.25) is 0 Å². The lowest BCUT2D eigenvalue weighted by atomic mass is 9.67. The van der Waals surface area contributed by atoms with E-state index in [0.717, 1.165) is 49.8 Å². The van der Waals surface area contributed by atoms with Crippen molar-refractivity contribution in [3.05, 3.63) is 235 Å². The number of aromatic nitrogens is 3. The Kier molecular flexibility index (Phi) is 7.72. The molecule has 11 aromatic rings. The average Bonchev–Trinajstić information content (AvgIpc) is 3.87. The molecule has 0 bridgehead atoms. The minimum absolute atomic E-state index is 0.606. The van der Waals surface area contributed by atoms with Crippen molar-refractivity contribution >= 4 is 32.7 Å². The largest absolute Gasteiger partial charge is 0.455 e. The molecule has 0 aliphatic heterocycles. The van der Waals surface area contributed by atoms with Crippen molar-refractivity contribution in [1.29, 1.82) is 0 Å². The molecular formula is C56H35N3O. The molecule has 0 atom stereocenters. The highest BCUT2D eigenvalue weighted by molar-refractivity contribution is 6.22. The monoisotopic (exact) mass is 765 g/mol. The molecule has 0 saturated carbocycles. The van der Waals surface area contributed by atoms with Gasteiger partial charge in [0.05, 0.1) is 5.41 Å². The standard InChI is InChI=1S/C56H35N3O/c1-5-18-38(19-6-1)53-57-54(39-20-7-2-8-21-39)59-55(58-53)40-31-29-37(30-32-40)45-35-47-51(50-44-27-15-16-28-48(44)60-52(45)50)49-43-26-14-13-17-36(43)33-34-46(49)56(47,41-22-9-3-10-23-41)42-24-11-4-12-25-42/h1-35H. The fourth-order valence-electron chi connectivity index (χ4n) is 9.57.